The number of rotatable bonds is 7. The van der Waals surface area contributed by atoms with Gasteiger partial charge in [-0.1, -0.05) is 12.8 Å². The van der Waals surface area contributed by atoms with Gasteiger partial charge >= 0.3 is 0 Å². The van der Waals surface area contributed by atoms with Gasteiger partial charge in [-0.15, -0.1) is 0 Å². The Morgan fingerprint density at radius 2 is 2.00 bits per heavy atom. The summed E-state index contributed by atoms with van der Waals surface area (Å²) in [6, 6.07) is 3.09. The van der Waals surface area contributed by atoms with Crippen molar-refractivity contribution in [3.8, 4) is 6.07 Å². The standard InChI is InChI=1S/C14H25N3/c1-17(11-12-4-2-3-5-12)9-8-14(10-15)16-13-6-7-13/h12-14,16H,2-9,11H2,1H3. The second-order valence-electron chi connectivity index (χ2n) is 5.82. The summed E-state index contributed by atoms with van der Waals surface area (Å²) in [5.74, 6) is 0.914. The van der Waals surface area contributed by atoms with E-state index in [-0.39, 0.29) is 6.04 Å². The second kappa shape index (κ2) is 6.37. The molecule has 0 amide bonds. The molecule has 1 atom stereocenters. The van der Waals surface area contributed by atoms with Gasteiger partial charge in [0, 0.05) is 19.1 Å². The molecule has 0 bridgehead atoms. The van der Waals surface area contributed by atoms with Gasteiger partial charge in [-0.3, -0.25) is 5.32 Å². The molecule has 0 aromatic heterocycles. The van der Waals surface area contributed by atoms with Gasteiger partial charge in [-0.25, -0.2) is 0 Å². The van der Waals surface area contributed by atoms with Crippen molar-refractivity contribution in [3.05, 3.63) is 0 Å². The van der Waals surface area contributed by atoms with Crippen LogP contribution < -0.4 is 5.32 Å². The summed E-state index contributed by atoms with van der Waals surface area (Å²) >= 11 is 0. The van der Waals surface area contributed by atoms with Crippen LogP contribution in [0.1, 0.15) is 44.9 Å². The number of nitriles is 1. The van der Waals surface area contributed by atoms with Crippen LogP contribution in [0.15, 0.2) is 0 Å². The Balaban J connectivity index is 1.60. The largest absolute Gasteiger partial charge is 0.306 e. The molecule has 96 valence electrons. The van der Waals surface area contributed by atoms with E-state index < -0.39 is 0 Å². The monoisotopic (exact) mass is 235 g/mol. The Kier molecular flexibility index (Phi) is 4.82. The summed E-state index contributed by atoms with van der Waals surface area (Å²) in [4.78, 5) is 2.41. The Hall–Kier alpha value is -0.590. The minimum absolute atomic E-state index is 0.0635. The molecule has 17 heavy (non-hydrogen) atoms. The Morgan fingerprint density at radius 1 is 1.29 bits per heavy atom. The molecular weight excluding hydrogens is 210 g/mol. The third-order valence-electron chi connectivity index (χ3n) is 4.01. The van der Waals surface area contributed by atoms with Gasteiger partial charge < -0.3 is 4.90 Å². The van der Waals surface area contributed by atoms with E-state index in [1.165, 1.54) is 45.1 Å². The van der Waals surface area contributed by atoms with Crippen molar-refractivity contribution in [2.45, 2.75) is 57.0 Å². The number of hydrogen-bond donors (Lipinski definition) is 1. The van der Waals surface area contributed by atoms with Gasteiger partial charge in [0.05, 0.1) is 12.1 Å². The maximum atomic E-state index is 9.07. The van der Waals surface area contributed by atoms with Crippen molar-refractivity contribution in [3.63, 3.8) is 0 Å². The highest BCUT2D eigenvalue weighted by Gasteiger charge is 2.24. The van der Waals surface area contributed by atoms with Crippen LogP contribution in [0.4, 0.5) is 0 Å². The average molecular weight is 235 g/mol. The van der Waals surface area contributed by atoms with Crippen LogP contribution in [-0.2, 0) is 0 Å². The Bertz CT molecular complexity index is 261. The molecule has 0 spiro atoms. The molecule has 0 radical (unpaired) electrons. The van der Waals surface area contributed by atoms with Crippen molar-refractivity contribution < 1.29 is 0 Å². The topological polar surface area (TPSA) is 39.1 Å². The SMILES string of the molecule is CN(CCC(C#N)NC1CC1)CC1CCCC1. The van der Waals surface area contributed by atoms with Crippen molar-refractivity contribution in [2.24, 2.45) is 5.92 Å². The van der Waals surface area contributed by atoms with E-state index in [1.54, 1.807) is 0 Å². The minimum Gasteiger partial charge on any atom is -0.306 e. The van der Waals surface area contributed by atoms with E-state index in [0.717, 1.165) is 18.9 Å². The lowest BCUT2D eigenvalue weighted by Crippen LogP contribution is -2.34. The summed E-state index contributed by atoms with van der Waals surface area (Å²) < 4.78 is 0. The fourth-order valence-electron chi connectivity index (χ4n) is 2.79. The van der Waals surface area contributed by atoms with Crippen molar-refractivity contribution >= 4 is 0 Å². The molecule has 0 aromatic carbocycles. The maximum Gasteiger partial charge on any atom is 0.0967 e. The summed E-state index contributed by atoms with van der Waals surface area (Å²) in [6.07, 6.45) is 9.15. The van der Waals surface area contributed by atoms with Crippen LogP contribution in [0.25, 0.3) is 0 Å². The normalized spacial score (nSPS) is 22.9. The first kappa shape index (κ1) is 12.9. The second-order valence-corrected chi connectivity index (χ2v) is 5.82. The summed E-state index contributed by atoms with van der Waals surface area (Å²) in [6.45, 7) is 2.27. The molecule has 1 unspecified atom stereocenters. The lowest BCUT2D eigenvalue weighted by atomic mass is 10.1. The fourth-order valence-corrected chi connectivity index (χ4v) is 2.79. The van der Waals surface area contributed by atoms with E-state index in [2.05, 4.69) is 23.3 Å². The predicted octanol–water partition coefficient (Wildman–Crippen LogP) is 2.14. The molecule has 2 saturated carbocycles. The van der Waals surface area contributed by atoms with E-state index in [9.17, 15) is 0 Å². The lowest BCUT2D eigenvalue weighted by Gasteiger charge is -2.22. The van der Waals surface area contributed by atoms with Gasteiger partial charge in [0.25, 0.3) is 0 Å². The molecular formula is C14H25N3. The molecule has 0 saturated heterocycles. The molecule has 3 heteroatoms. The molecule has 3 nitrogen and oxygen atoms in total. The molecule has 2 fully saturated rings. The van der Waals surface area contributed by atoms with Crippen LogP contribution >= 0.6 is 0 Å². The van der Waals surface area contributed by atoms with Crippen LogP contribution in [0, 0.1) is 17.2 Å². The highest BCUT2D eigenvalue weighted by Crippen LogP contribution is 2.25. The summed E-state index contributed by atoms with van der Waals surface area (Å²) in [5, 5.41) is 12.5. The van der Waals surface area contributed by atoms with Crippen molar-refractivity contribution in [1.82, 2.24) is 10.2 Å². The van der Waals surface area contributed by atoms with Gasteiger partial charge in [-0.2, -0.15) is 5.26 Å². The average Bonchev–Trinajstić information content (AvgIpc) is 3.00. The highest BCUT2D eigenvalue weighted by molar-refractivity contribution is 4.96. The van der Waals surface area contributed by atoms with Crippen molar-refractivity contribution in [1.29, 1.82) is 5.26 Å². The zero-order chi connectivity index (χ0) is 12.1. The fraction of sp³-hybridized carbons (Fsp3) is 0.929. The quantitative estimate of drug-likeness (QED) is 0.735. The number of hydrogen-bond acceptors (Lipinski definition) is 3. The van der Waals surface area contributed by atoms with Gasteiger partial charge in [0.1, 0.15) is 0 Å². The van der Waals surface area contributed by atoms with Crippen LogP contribution in [0.5, 0.6) is 0 Å². The van der Waals surface area contributed by atoms with E-state index in [0.29, 0.717) is 6.04 Å². The molecule has 2 rings (SSSR count). The zero-order valence-electron chi connectivity index (χ0n) is 11.0. The van der Waals surface area contributed by atoms with Gasteiger partial charge in [0.15, 0.2) is 0 Å². The minimum atomic E-state index is 0.0635. The van der Waals surface area contributed by atoms with Crippen LogP contribution in [0.2, 0.25) is 0 Å². The predicted molar refractivity (Wildman–Crippen MR) is 69.6 cm³/mol. The third kappa shape index (κ3) is 4.65. The number of nitrogens with one attached hydrogen (secondary N) is 1. The zero-order valence-corrected chi connectivity index (χ0v) is 11.0. The molecule has 2 aliphatic carbocycles. The first-order valence-electron chi connectivity index (χ1n) is 7.12. The van der Waals surface area contributed by atoms with Crippen LogP contribution in [-0.4, -0.2) is 37.1 Å². The van der Waals surface area contributed by atoms with Gasteiger partial charge in [0.2, 0.25) is 0 Å². The Labute approximate surface area is 105 Å². The third-order valence-corrected chi connectivity index (χ3v) is 4.01. The molecule has 0 aromatic rings. The summed E-state index contributed by atoms with van der Waals surface area (Å²) in [7, 11) is 2.20. The molecule has 0 heterocycles. The molecule has 1 N–H and O–H groups in total. The maximum absolute atomic E-state index is 9.07. The molecule has 2 aliphatic rings. The van der Waals surface area contributed by atoms with Crippen molar-refractivity contribution in [2.75, 3.05) is 20.1 Å². The highest BCUT2D eigenvalue weighted by atomic mass is 15.1. The first-order chi connectivity index (χ1) is 8.28. The summed E-state index contributed by atoms with van der Waals surface area (Å²) in [5.41, 5.74) is 0. The lowest BCUT2D eigenvalue weighted by molar-refractivity contribution is 0.268. The number of nitrogens with zero attached hydrogens (tertiary/aromatic N) is 2. The van der Waals surface area contributed by atoms with E-state index in [4.69, 9.17) is 5.26 Å². The Morgan fingerprint density at radius 3 is 2.59 bits per heavy atom. The smallest absolute Gasteiger partial charge is 0.0967 e. The van der Waals surface area contributed by atoms with E-state index in [1.807, 2.05) is 0 Å². The van der Waals surface area contributed by atoms with E-state index >= 15 is 0 Å². The van der Waals surface area contributed by atoms with Gasteiger partial charge in [-0.05, 0) is 45.1 Å². The van der Waals surface area contributed by atoms with Crippen LogP contribution in [0.3, 0.4) is 0 Å². The molecule has 0 aliphatic heterocycles. The first-order valence-corrected chi connectivity index (χ1v) is 7.12.